The quantitative estimate of drug-likeness (QED) is 0.579. The molecule has 0 amide bonds. The monoisotopic (exact) mass is 226 g/mol. The van der Waals surface area contributed by atoms with Gasteiger partial charge in [-0.1, -0.05) is 17.7 Å². The molecule has 2 N–H and O–H groups in total. The maximum atomic E-state index is 10.4. The van der Waals surface area contributed by atoms with Crippen LogP contribution in [-0.2, 0) is 4.57 Å². The predicted octanol–water partition coefficient (Wildman–Crippen LogP) is 2.92. The minimum Gasteiger partial charge on any atom is -0.385 e. The van der Waals surface area contributed by atoms with E-state index in [1.54, 1.807) is 0 Å². The molecule has 1 aromatic rings. The van der Waals surface area contributed by atoms with Crippen molar-refractivity contribution in [1.82, 2.24) is 0 Å². The van der Waals surface area contributed by atoms with Crippen LogP contribution in [0.5, 0.6) is 0 Å². The summed E-state index contributed by atoms with van der Waals surface area (Å²) in [6.45, 7) is 2.91. The molecule has 1 atom stereocenters. The van der Waals surface area contributed by atoms with E-state index in [4.69, 9.17) is 4.89 Å². The molecule has 0 bridgehead atoms. The molecule has 0 radical (unpaired) electrons. The van der Waals surface area contributed by atoms with E-state index in [9.17, 15) is 4.57 Å². The summed E-state index contributed by atoms with van der Waals surface area (Å²) >= 11 is 0. The first-order valence-corrected chi connectivity index (χ1v) is 6.52. The summed E-state index contributed by atoms with van der Waals surface area (Å²) in [7, 11) is -1.95. The van der Waals surface area contributed by atoms with E-state index >= 15 is 0 Å². The van der Waals surface area contributed by atoms with Gasteiger partial charge < -0.3 is 5.32 Å². The van der Waals surface area contributed by atoms with E-state index < -0.39 is 8.03 Å². The lowest BCUT2D eigenvalue weighted by molar-refractivity contribution is 0.500. The van der Waals surface area contributed by atoms with E-state index in [1.165, 1.54) is 5.56 Å². The minimum atomic E-state index is -1.95. The third-order valence-electron chi connectivity index (χ3n) is 2.16. The Balaban J connectivity index is 2.15. The SMILES string of the molecule is Cc1ccc(NCCCC[P+](=O)O)cc1. The van der Waals surface area contributed by atoms with Crippen molar-refractivity contribution in [3.8, 4) is 0 Å². The number of rotatable bonds is 6. The van der Waals surface area contributed by atoms with Gasteiger partial charge in [-0.05, 0) is 36.5 Å². The Bertz CT molecular complexity index is 311. The molecule has 0 aliphatic heterocycles. The molecule has 1 aromatic carbocycles. The summed E-state index contributed by atoms with van der Waals surface area (Å²) in [6, 6.07) is 8.21. The first-order chi connectivity index (χ1) is 7.18. The fourth-order valence-corrected chi connectivity index (χ4v) is 1.77. The molecule has 0 saturated carbocycles. The topological polar surface area (TPSA) is 49.3 Å². The number of benzene rings is 1. The number of hydrogen-bond donors (Lipinski definition) is 2. The summed E-state index contributed by atoms with van der Waals surface area (Å²) in [5.74, 6) is 0. The average molecular weight is 226 g/mol. The van der Waals surface area contributed by atoms with Crippen LogP contribution in [0.1, 0.15) is 18.4 Å². The second-order valence-electron chi connectivity index (χ2n) is 3.58. The Hall–Kier alpha value is -0.920. The summed E-state index contributed by atoms with van der Waals surface area (Å²) < 4.78 is 10.4. The van der Waals surface area contributed by atoms with E-state index in [2.05, 4.69) is 24.4 Å². The van der Waals surface area contributed by atoms with Crippen molar-refractivity contribution in [3.63, 3.8) is 0 Å². The van der Waals surface area contributed by atoms with Crippen molar-refractivity contribution in [2.24, 2.45) is 0 Å². The molecule has 3 nitrogen and oxygen atoms in total. The van der Waals surface area contributed by atoms with Crippen molar-refractivity contribution in [2.75, 3.05) is 18.0 Å². The Labute approximate surface area is 91.4 Å². The molecule has 0 heterocycles. The first-order valence-electron chi connectivity index (χ1n) is 5.12. The van der Waals surface area contributed by atoms with E-state index in [1.807, 2.05) is 12.1 Å². The Morgan fingerprint density at radius 2 is 1.93 bits per heavy atom. The molecule has 0 saturated heterocycles. The lowest BCUT2D eigenvalue weighted by Gasteiger charge is -2.04. The first kappa shape index (κ1) is 12.2. The zero-order valence-corrected chi connectivity index (χ0v) is 9.83. The van der Waals surface area contributed by atoms with Gasteiger partial charge in [0.2, 0.25) is 0 Å². The summed E-state index contributed by atoms with van der Waals surface area (Å²) in [4.78, 5) is 8.59. The standard InChI is InChI=1S/C11H16NO2P/c1-10-4-6-11(7-5-10)12-8-2-3-9-15(13)14/h4-7,12H,2-3,8-9H2,1H3/p+1. The maximum absolute atomic E-state index is 10.4. The number of unbranched alkanes of at least 4 members (excludes halogenated alkanes) is 1. The highest BCUT2D eigenvalue weighted by molar-refractivity contribution is 7.37. The van der Waals surface area contributed by atoms with Crippen LogP contribution >= 0.6 is 8.03 Å². The van der Waals surface area contributed by atoms with Crippen molar-refractivity contribution >= 4 is 13.7 Å². The summed E-state index contributed by atoms with van der Waals surface area (Å²) in [6.07, 6.45) is 2.13. The van der Waals surface area contributed by atoms with Crippen molar-refractivity contribution in [3.05, 3.63) is 29.8 Å². The van der Waals surface area contributed by atoms with Gasteiger partial charge in [-0.25, -0.2) is 0 Å². The van der Waals surface area contributed by atoms with Gasteiger partial charge in [0.25, 0.3) is 0 Å². The molecule has 1 rings (SSSR count). The van der Waals surface area contributed by atoms with Gasteiger partial charge in [-0.2, -0.15) is 4.89 Å². The number of hydrogen-bond acceptors (Lipinski definition) is 2. The lowest BCUT2D eigenvalue weighted by Crippen LogP contribution is -2.01. The van der Waals surface area contributed by atoms with Crippen LogP contribution < -0.4 is 5.32 Å². The van der Waals surface area contributed by atoms with Gasteiger partial charge in [-0.3, -0.25) is 0 Å². The van der Waals surface area contributed by atoms with Crippen LogP contribution in [0.15, 0.2) is 24.3 Å². The van der Waals surface area contributed by atoms with Crippen LogP contribution in [0, 0.1) is 6.92 Å². The van der Waals surface area contributed by atoms with Gasteiger partial charge in [0.15, 0.2) is 6.16 Å². The smallest absolute Gasteiger partial charge is 0.385 e. The maximum Gasteiger partial charge on any atom is 0.505 e. The zero-order valence-electron chi connectivity index (χ0n) is 8.94. The van der Waals surface area contributed by atoms with Gasteiger partial charge in [-0.15, -0.1) is 0 Å². The molecule has 15 heavy (non-hydrogen) atoms. The number of nitrogens with one attached hydrogen (secondary N) is 1. The van der Waals surface area contributed by atoms with E-state index in [0.29, 0.717) is 6.16 Å². The predicted molar refractivity (Wildman–Crippen MR) is 63.6 cm³/mol. The normalized spacial score (nSPS) is 11.2. The molecule has 0 aliphatic rings. The summed E-state index contributed by atoms with van der Waals surface area (Å²) in [5.41, 5.74) is 2.35. The van der Waals surface area contributed by atoms with E-state index in [-0.39, 0.29) is 0 Å². The second-order valence-corrected chi connectivity index (χ2v) is 4.73. The minimum absolute atomic E-state index is 0.408. The number of anilines is 1. The van der Waals surface area contributed by atoms with Crippen LogP contribution in [0.3, 0.4) is 0 Å². The van der Waals surface area contributed by atoms with Crippen molar-refractivity contribution < 1.29 is 9.46 Å². The zero-order chi connectivity index (χ0) is 11.1. The van der Waals surface area contributed by atoms with Crippen LogP contribution in [0.25, 0.3) is 0 Å². The van der Waals surface area contributed by atoms with Gasteiger partial charge in [0.05, 0.1) is 0 Å². The van der Waals surface area contributed by atoms with Crippen LogP contribution in [0.2, 0.25) is 0 Å². The molecular weight excluding hydrogens is 209 g/mol. The van der Waals surface area contributed by atoms with Crippen molar-refractivity contribution in [2.45, 2.75) is 19.8 Å². The highest BCUT2D eigenvalue weighted by atomic mass is 31.1. The molecular formula is C11H17NO2P+. The second kappa shape index (κ2) is 6.54. The molecule has 82 valence electrons. The fraction of sp³-hybridized carbons (Fsp3) is 0.455. The third-order valence-corrected chi connectivity index (χ3v) is 2.86. The van der Waals surface area contributed by atoms with Crippen molar-refractivity contribution in [1.29, 1.82) is 0 Å². The van der Waals surface area contributed by atoms with Gasteiger partial charge in [0, 0.05) is 12.2 Å². The van der Waals surface area contributed by atoms with Crippen LogP contribution in [0.4, 0.5) is 5.69 Å². The Kier molecular flexibility index (Phi) is 5.30. The fourth-order valence-electron chi connectivity index (χ4n) is 1.28. The highest BCUT2D eigenvalue weighted by Crippen LogP contribution is 2.15. The third kappa shape index (κ3) is 5.50. The molecule has 1 unspecified atom stereocenters. The Morgan fingerprint density at radius 3 is 2.53 bits per heavy atom. The molecule has 0 aromatic heterocycles. The average Bonchev–Trinajstić information content (AvgIpc) is 2.20. The van der Waals surface area contributed by atoms with Gasteiger partial charge in [0.1, 0.15) is 0 Å². The molecule has 0 spiro atoms. The molecule has 4 heteroatoms. The lowest BCUT2D eigenvalue weighted by atomic mass is 10.2. The van der Waals surface area contributed by atoms with Crippen LogP contribution in [-0.4, -0.2) is 17.6 Å². The summed E-state index contributed by atoms with van der Waals surface area (Å²) in [5, 5.41) is 3.27. The van der Waals surface area contributed by atoms with E-state index in [0.717, 1.165) is 25.1 Å². The largest absolute Gasteiger partial charge is 0.505 e. The Morgan fingerprint density at radius 1 is 1.27 bits per heavy atom. The molecule has 0 aliphatic carbocycles. The molecule has 0 fully saturated rings. The van der Waals surface area contributed by atoms with Gasteiger partial charge >= 0.3 is 8.03 Å². The number of aryl methyl sites for hydroxylation is 1. The highest BCUT2D eigenvalue weighted by Gasteiger charge is 2.07.